The van der Waals surface area contributed by atoms with E-state index in [4.69, 9.17) is 9.68 Å². The van der Waals surface area contributed by atoms with Crippen LogP contribution < -0.4 is 5.32 Å². The molecule has 1 aromatic heterocycles. The quantitative estimate of drug-likeness (QED) is 0.687. The standard InChI is InChI=1S/C19H16N4O2S/c1-12-7-3-5-9-15(12)18-22-23-19(25-18)26-13(2)17(24)21-16-10-6-4-8-14(16)11-20/h3-10,13H,1-2H3,(H,21,24)/t13-/m0/s1. The number of nitrogens with one attached hydrogen (secondary N) is 1. The molecule has 130 valence electrons. The molecule has 1 N–H and O–H groups in total. The van der Waals surface area contributed by atoms with Crippen molar-refractivity contribution in [3.05, 3.63) is 59.7 Å². The van der Waals surface area contributed by atoms with E-state index in [2.05, 4.69) is 21.6 Å². The molecule has 1 atom stereocenters. The predicted molar refractivity (Wildman–Crippen MR) is 99.6 cm³/mol. The number of carbonyl (C=O) groups is 1. The number of hydrogen-bond donors (Lipinski definition) is 1. The van der Waals surface area contributed by atoms with Gasteiger partial charge in [0.1, 0.15) is 6.07 Å². The Balaban J connectivity index is 1.69. The van der Waals surface area contributed by atoms with E-state index >= 15 is 0 Å². The Kier molecular flexibility index (Phi) is 5.34. The van der Waals surface area contributed by atoms with Crippen molar-refractivity contribution >= 4 is 23.4 Å². The third-order valence-corrected chi connectivity index (χ3v) is 4.67. The first-order chi connectivity index (χ1) is 12.6. The van der Waals surface area contributed by atoms with Crippen molar-refractivity contribution in [3.8, 4) is 17.5 Å². The lowest BCUT2D eigenvalue weighted by molar-refractivity contribution is -0.115. The van der Waals surface area contributed by atoms with Crippen molar-refractivity contribution in [2.75, 3.05) is 5.32 Å². The van der Waals surface area contributed by atoms with Crippen LogP contribution in [0.1, 0.15) is 18.1 Å². The van der Waals surface area contributed by atoms with Gasteiger partial charge in [0.25, 0.3) is 5.22 Å². The normalized spacial score (nSPS) is 11.6. The smallest absolute Gasteiger partial charge is 0.277 e. The Labute approximate surface area is 155 Å². The monoisotopic (exact) mass is 364 g/mol. The lowest BCUT2D eigenvalue weighted by Gasteiger charge is -2.10. The van der Waals surface area contributed by atoms with Gasteiger partial charge in [-0.25, -0.2) is 0 Å². The summed E-state index contributed by atoms with van der Waals surface area (Å²) in [6.07, 6.45) is 0. The van der Waals surface area contributed by atoms with E-state index in [0.29, 0.717) is 22.4 Å². The highest BCUT2D eigenvalue weighted by molar-refractivity contribution is 8.00. The molecule has 0 fully saturated rings. The van der Waals surface area contributed by atoms with Gasteiger partial charge >= 0.3 is 0 Å². The molecule has 1 amide bonds. The van der Waals surface area contributed by atoms with Gasteiger partial charge in [0, 0.05) is 5.56 Å². The molecule has 0 saturated heterocycles. The number of hydrogen-bond acceptors (Lipinski definition) is 6. The molecule has 0 aliphatic carbocycles. The molecule has 7 heteroatoms. The van der Waals surface area contributed by atoms with Crippen LogP contribution in [0.3, 0.4) is 0 Å². The highest BCUT2D eigenvalue weighted by Gasteiger charge is 2.20. The van der Waals surface area contributed by atoms with Crippen LogP contribution in [0, 0.1) is 18.3 Å². The maximum atomic E-state index is 12.4. The first-order valence-corrected chi connectivity index (χ1v) is 8.82. The number of nitrogens with zero attached hydrogens (tertiary/aromatic N) is 3. The van der Waals surface area contributed by atoms with Crippen molar-refractivity contribution in [1.29, 1.82) is 5.26 Å². The second-order valence-electron chi connectivity index (χ2n) is 5.59. The summed E-state index contributed by atoms with van der Waals surface area (Å²) in [6.45, 7) is 3.71. The zero-order chi connectivity index (χ0) is 18.5. The number of anilines is 1. The number of benzene rings is 2. The van der Waals surface area contributed by atoms with Crippen LogP contribution in [0.4, 0.5) is 5.69 Å². The van der Waals surface area contributed by atoms with Gasteiger partial charge in [-0.2, -0.15) is 5.26 Å². The Bertz CT molecular complexity index is 977. The second-order valence-corrected chi connectivity index (χ2v) is 6.89. The molecule has 0 radical (unpaired) electrons. The minimum absolute atomic E-state index is 0.242. The Hall–Kier alpha value is -3.11. The number of aryl methyl sites for hydroxylation is 1. The fourth-order valence-electron chi connectivity index (χ4n) is 2.31. The first kappa shape index (κ1) is 17.7. The van der Waals surface area contributed by atoms with Crippen molar-refractivity contribution < 1.29 is 9.21 Å². The van der Waals surface area contributed by atoms with Crippen LogP contribution in [0.5, 0.6) is 0 Å². The zero-order valence-electron chi connectivity index (χ0n) is 14.3. The molecular weight excluding hydrogens is 348 g/mol. The van der Waals surface area contributed by atoms with E-state index in [1.807, 2.05) is 31.2 Å². The first-order valence-electron chi connectivity index (χ1n) is 7.94. The average Bonchev–Trinajstić information content (AvgIpc) is 3.10. The van der Waals surface area contributed by atoms with E-state index in [9.17, 15) is 4.79 Å². The summed E-state index contributed by atoms with van der Waals surface area (Å²) in [7, 11) is 0. The lowest BCUT2D eigenvalue weighted by atomic mass is 10.1. The van der Waals surface area contributed by atoms with Gasteiger partial charge in [0.2, 0.25) is 11.8 Å². The van der Waals surface area contributed by atoms with Gasteiger partial charge in [-0.05, 0) is 37.6 Å². The van der Waals surface area contributed by atoms with E-state index in [0.717, 1.165) is 11.1 Å². The highest BCUT2D eigenvalue weighted by Crippen LogP contribution is 2.28. The number of nitriles is 1. The molecule has 0 saturated carbocycles. The molecular formula is C19H16N4O2S. The summed E-state index contributed by atoms with van der Waals surface area (Å²) >= 11 is 1.17. The van der Waals surface area contributed by atoms with Crippen LogP contribution in [0.25, 0.3) is 11.5 Å². The minimum atomic E-state index is -0.466. The van der Waals surface area contributed by atoms with E-state index < -0.39 is 5.25 Å². The van der Waals surface area contributed by atoms with Crippen molar-refractivity contribution in [2.24, 2.45) is 0 Å². The van der Waals surface area contributed by atoms with Gasteiger partial charge in [-0.1, -0.05) is 42.1 Å². The Morgan fingerprint density at radius 3 is 2.69 bits per heavy atom. The average molecular weight is 364 g/mol. The number of para-hydroxylation sites is 1. The second kappa shape index (κ2) is 7.85. The Morgan fingerprint density at radius 2 is 1.92 bits per heavy atom. The minimum Gasteiger partial charge on any atom is -0.411 e. The van der Waals surface area contributed by atoms with Gasteiger partial charge in [-0.15, -0.1) is 10.2 Å². The molecule has 3 aromatic rings. The molecule has 0 spiro atoms. The molecule has 6 nitrogen and oxygen atoms in total. The molecule has 26 heavy (non-hydrogen) atoms. The van der Waals surface area contributed by atoms with Crippen LogP contribution >= 0.6 is 11.8 Å². The number of aromatic nitrogens is 2. The van der Waals surface area contributed by atoms with E-state index in [1.54, 1.807) is 31.2 Å². The highest BCUT2D eigenvalue weighted by atomic mass is 32.2. The zero-order valence-corrected chi connectivity index (χ0v) is 15.1. The molecule has 2 aromatic carbocycles. The summed E-state index contributed by atoms with van der Waals surface area (Å²) in [5.74, 6) is 0.182. The van der Waals surface area contributed by atoms with Gasteiger partial charge in [0.15, 0.2) is 0 Å². The Morgan fingerprint density at radius 1 is 1.19 bits per heavy atom. The van der Waals surface area contributed by atoms with Crippen LogP contribution in [-0.4, -0.2) is 21.4 Å². The van der Waals surface area contributed by atoms with Crippen molar-refractivity contribution in [2.45, 2.75) is 24.3 Å². The summed E-state index contributed by atoms with van der Waals surface area (Å²) in [6, 6.07) is 16.6. The van der Waals surface area contributed by atoms with E-state index in [-0.39, 0.29) is 5.91 Å². The number of rotatable bonds is 5. The molecule has 0 aliphatic rings. The topological polar surface area (TPSA) is 91.8 Å². The maximum Gasteiger partial charge on any atom is 0.277 e. The fraction of sp³-hybridized carbons (Fsp3) is 0.158. The van der Waals surface area contributed by atoms with Gasteiger partial charge in [-0.3, -0.25) is 4.79 Å². The van der Waals surface area contributed by atoms with Crippen LogP contribution in [0.15, 0.2) is 58.2 Å². The third-order valence-electron chi connectivity index (χ3n) is 3.73. The number of amides is 1. The number of carbonyl (C=O) groups excluding carboxylic acids is 1. The maximum absolute atomic E-state index is 12.4. The molecule has 1 heterocycles. The summed E-state index contributed by atoms with van der Waals surface area (Å²) in [5.41, 5.74) is 2.80. The molecule has 3 rings (SSSR count). The summed E-state index contributed by atoms with van der Waals surface area (Å²) < 4.78 is 5.67. The fourth-order valence-corrected chi connectivity index (χ4v) is 2.99. The largest absolute Gasteiger partial charge is 0.411 e. The summed E-state index contributed by atoms with van der Waals surface area (Å²) in [5, 5.41) is 19.8. The molecule has 0 aliphatic heterocycles. The molecule has 0 unspecified atom stereocenters. The third kappa shape index (κ3) is 3.92. The molecule has 0 bridgehead atoms. The SMILES string of the molecule is Cc1ccccc1-c1nnc(S[C@@H](C)C(=O)Nc2ccccc2C#N)o1. The van der Waals surface area contributed by atoms with Gasteiger partial charge < -0.3 is 9.73 Å². The van der Waals surface area contributed by atoms with Crippen molar-refractivity contribution in [3.63, 3.8) is 0 Å². The van der Waals surface area contributed by atoms with Crippen LogP contribution in [-0.2, 0) is 4.79 Å². The van der Waals surface area contributed by atoms with Crippen LogP contribution in [0.2, 0.25) is 0 Å². The predicted octanol–water partition coefficient (Wildman–Crippen LogP) is 4.04. The lowest BCUT2D eigenvalue weighted by Crippen LogP contribution is -2.22. The van der Waals surface area contributed by atoms with Crippen molar-refractivity contribution in [1.82, 2.24) is 10.2 Å². The summed E-state index contributed by atoms with van der Waals surface area (Å²) in [4.78, 5) is 12.4. The number of thioether (sulfide) groups is 1. The van der Waals surface area contributed by atoms with E-state index in [1.165, 1.54) is 11.8 Å². The van der Waals surface area contributed by atoms with Gasteiger partial charge in [0.05, 0.1) is 16.5 Å².